The maximum Gasteiger partial charge on any atom is 0.297 e. The van der Waals surface area contributed by atoms with Gasteiger partial charge in [0.1, 0.15) is 31.0 Å². The summed E-state index contributed by atoms with van der Waals surface area (Å²) in [4.78, 5) is 18.3. The first-order valence-corrected chi connectivity index (χ1v) is 33.1. The smallest absolute Gasteiger partial charge is 0.297 e. The molecule has 0 aromatic heterocycles. The average molecular weight is 1530 g/mol. The van der Waals surface area contributed by atoms with Crippen LogP contribution in [0.1, 0.15) is 31.1 Å². The minimum absolute atomic E-state index is 0. The largest absolute Gasteiger partial charge is 0.507 e. The fourth-order valence-electron chi connectivity index (χ4n) is 7.88. The Bertz CT molecular complexity index is 4860. The van der Waals surface area contributed by atoms with Crippen LogP contribution >= 0.6 is 59.9 Å². The van der Waals surface area contributed by atoms with E-state index in [1.54, 1.807) is 6.07 Å². The summed E-state index contributed by atoms with van der Waals surface area (Å²) in [7, 11) is -19.0. The highest BCUT2D eigenvalue weighted by atomic mass is 35.5. The Kier molecular flexibility index (Phi) is 30.1. The standard InChI is InChI=1S/C24H18N4O15S4.C14H10ClN3O8S2.C10H9NO7S2.CH4.B.H2/c25-18-8-7-16-17(24(18)47(37,38)39)11-20(45-43-41-33)22(23(16)29)27-26-14-5-3-12(19(9-14)44-42-40-32)1-2-13-4-6-15(28(30)31)10-21(13)46(34,35)36;15-17-16-11-5-3-9(13(7-11)27-26-25-21)1-2-10-4-6-12(18(19)20)8-14(10)28(22,23)24;11-8-2-1-6-7(10(8)20(14,15)16)3-5(4-9(6)12)19-18-17-13;;;/h1-11,29,32-33H,25H2,(H,34,35,36)(H,37,38,39);1-8,21H,(H,22,23,24);1-4,12-13H,11H2,(H,14,15,16);1H4;;1H/b2-1+,27-26?;2-1+,17-16?;;;;/i;;;;;1+1. The predicted octanol–water partition coefficient (Wildman–Crippen LogP) is 13.0. The molecule has 3 radical (unpaired) electrons. The molecule has 0 unspecified atom stereocenters. The third-order valence-corrected chi connectivity index (χ3v) is 18.0. The zero-order valence-corrected chi connectivity index (χ0v) is 53.8. The Morgan fingerprint density at radius 2 is 0.866 bits per heavy atom. The highest BCUT2D eigenvalue weighted by Gasteiger charge is 2.26. The number of phenolic OH excluding ortho intramolecular Hbond substituents is 2. The van der Waals surface area contributed by atoms with E-state index in [-0.39, 0.29) is 105 Å². The maximum absolute atomic E-state index is 12.0. The first-order valence-electron chi connectivity index (χ1n) is 24.0. The molecule has 0 aliphatic rings. The van der Waals surface area contributed by atoms with Gasteiger partial charge < -0.3 is 21.7 Å². The molecule has 8 aromatic rings. The molecule has 8 rings (SSSR count). The van der Waals surface area contributed by atoms with E-state index in [1.165, 1.54) is 91.0 Å². The molecule has 0 saturated carbocycles. The number of nitrogen functional groups attached to an aromatic ring is 2. The minimum Gasteiger partial charge on any atom is -0.507 e. The van der Waals surface area contributed by atoms with Gasteiger partial charge in [-0.2, -0.15) is 38.8 Å². The number of aromatic hydroxyl groups is 2. The quantitative estimate of drug-likeness (QED) is 0.00291. The van der Waals surface area contributed by atoms with E-state index in [9.17, 15) is 82.3 Å². The van der Waals surface area contributed by atoms with E-state index in [0.29, 0.717) is 63.9 Å². The molecule has 0 amide bonds. The van der Waals surface area contributed by atoms with Gasteiger partial charge >= 0.3 is 0 Å². The van der Waals surface area contributed by atoms with Gasteiger partial charge in [-0.15, -0.1) is 27.6 Å². The molecular weight excluding hydrogens is 1480 g/mol. The fourth-order valence-corrected chi connectivity index (χ4v) is 12.9. The van der Waals surface area contributed by atoms with Crippen LogP contribution in [0.2, 0.25) is 0 Å². The first kappa shape index (κ1) is 81.3. The second-order valence-electron chi connectivity index (χ2n) is 17.4. The number of nitro benzene ring substituents is 2. The Morgan fingerprint density at radius 1 is 0.474 bits per heavy atom. The van der Waals surface area contributed by atoms with Crippen molar-refractivity contribution >= 4 is 194 Å². The third-order valence-electron chi connectivity index (χ3n) is 11.7. The highest BCUT2D eigenvalue weighted by molar-refractivity contribution is 7.95. The van der Waals surface area contributed by atoms with Gasteiger partial charge in [-0.05, 0) is 101 Å². The summed E-state index contributed by atoms with van der Waals surface area (Å²) in [5.74, 6) is -0.888. The van der Waals surface area contributed by atoms with E-state index in [0.717, 1.165) is 36.4 Å². The summed E-state index contributed by atoms with van der Waals surface area (Å²) in [6.45, 7) is 0. The number of halogens is 1. The lowest BCUT2D eigenvalue weighted by Gasteiger charge is -2.12. The van der Waals surface area contributed by atoms with E-state index in [1.807, 2.05) is 0 Å². The van der Waals surface area contributed by atoms with Gasteiger partial charge in [-0.25, -0.2) is 21.0 Å². The van der Waals surface area contributed by atoms with Gasteiger partial charge in [0.15, 0.2) is 5.75 Å². The summed E-state index contributed by atoms with van der Waals surface area (Å²) in [5.41, 5.74) is 10.5. The Balaban J connectivity index is 0.000000416. The molecule has 517 valence electrons. The average Bonchev–Trinajstić information content (AvgIpc) is 0.757. The molecule has 14 N–H and O–H groups in total. The number of hydrogen-bond donors (Lipinski definition) is 12. The zero-order chi connectivity index (χ0) is 70.2. The van der Waals surface area contributed by atoms with E-state index in [2.05, 4.69) is 57.5 Å². The van der Waals surface area contributed by atoms with Crippen LogP contribution in [0, 0.1) is 20.2 Å². The molecule has 0 spiro atoms. The minimum atomic E-state index is -4.87. The summed E-state index contributed by atoms with van der Waals surface area (Å²) in [6, 6.07) is 23.3. The van der Waals surface area contributed by atoms with Crippen LogP contribution in [0.3, 0.4) is 0 Å². The van der Waals surface area contributed by atoms with E-state index in [4.69, 9.17) is 44.3 Å². The Labute approximate surface area is 570 Å². The van der Waals surface area contributed by atoms with E-state index >= 15 is 0 Å². The molecule has 0 aliphatic heterocycles. The van der Waals surface area contributed by atoms with Crippen molar-refractivity contribution in [2.24, 2.45) is 20.0 Å². The number of nitrogens with zero attached hydrogens (tertiary/aromatic N) is 6. The molecule has 8 aromatic carbocycles. The summed E-state index contributed by atoms with van der Waals surface area (Å²) >= 11 is 7.07. The summed E-state index contributed by atoms with van der Waals surface area (Å²) in [5, 5.41) is 102. The van der Waals surface area contributed by atoms with E-state index < -0.39 is 87.0 Å². The topological polar surface area (TPSA) is 600 Å². The van der Waals surface area contributed by atoms with Crippen LogP contribution < -0.4 is 11.5 Å². The number of rotatable bonds is 25. The van der Waals surface area contributed by atoms with Crippen molar-refractivity contribution in [1.82, 2.24) is 0 Å². The highest BCUT2D eigenvalue weighted by Crippen LogP contribution is 2.47. The van der Waals surface area contributed by atoms with Crippen LogP contribution in [0.15, 0.2) is 174 Å². The number of azo groups is 1. The number of fused-ring (bicyclic) bond motifs is 2. The summed E-state index contributed by atoms with van der Waals surface area (Å²) < 4.78 is 152. The number of nitro groups is 2. The molecule has 0 aliphatic carbocycles. The maximum atomic E-state index is 12.0. The van der Waals surface area contributed by atoms with Gasteiger partial charge in [-0.1, -0.05) is 68.6 Å². The van der Waals surface area contributed by atoms with Crippen molar-refractivity contribution < 1.29 is 132 Å². The van der Waals surface area contributed by atoms with Crippen molar-refractivity contribution in [3.05, 3.63) is 158 Å². The van der Waals surface area contributed by atoms with Gasteiger partial charge in [0.05, 0.1) is 97.4 Å². The third kappa shape index (κ3) is 21.9. The zero-order valence-electron chi connectivity index (χ0n) is 46.5. The fraction of sp³-hybridized carbons (Fsp3) is 0.0204. The molecule has 97 heavy (non-hydrogen) atoms. The molecule has 0 bridgehead atoms. The molecular formula is C49H43BClN8O30S8. The van der Waals surface area contributed by atoms with Gasteiger partial charge in [0, 0.05) is 70.3 Å². The number of phenols is 2. The van der Waals surface area contributed by atoms with Gasteiger partial charge in [0.2, 0.25) is 0 Å². The van der Waals surface area contributed by atoms with Gasteiger partial charge in [0.25, 0.3) is 51.8 Å². The Hall–Kier alpha value is -8.13. The first-order chi connectivity index (χ1) is 44.7. The van der Waals surface area contributed by atoms with Crippen LogP contribution in [0.4, 0.5) is 39.8 Å². The molecule has 38 nitrogen and oxygen atoms in total. The monoisotopic (exact) mass is 1530 g/mol. The van der Waals surface area contributed by atoms with Crippen molar-refractivity contribution in [2.45, 2.75) is 46.6 Å². The number of non-ortho nitro benzene ring substituents is 2. The number of hydrogen-bond acceptors (Lipinski definition) is 36. The number of nitrogens with two attached hydrogens (primary N) is 2. The normalized spacial score (nSPS) is 12.0. The molecule has 0 heterocycles. The molecule has 0 atom stereocenters. The number of benzene rings is 8. The summed E-state index contributed by atoms with van der Waals surface area (Å²) in [6.07, 6.45) is 5.32. The Morgan fingerprint density at radius 3 is 1.28 bits per heavy atom. The van der Waals surface area contributed by atoms with Crippen LogP contribution in [0.5, 0.6) is 11.5 Å². The lowest BCUT2D eigenvalue weighted by atomic mass is 10.1. The van der Waals surface area contributed by atoms with Crippen LogP contribution in [-0.2, 0) is 78.0 Å². The lowest BCUT2D eigenvalue weighted by Crippen LogP contribution is -2.04. The molecule has 48 heteroatoms. The second kappa shape index (κ2) is 35.9. The SMILES string of the molecule is C.Nc1ccc2c(O)c(N=Nc3ccc(/C=C/c4ccc([N+](=O)[O-])cc4S(=O)(=O)O)c(SOOO)c3)c(SOOO)cc2c1S(=O)(=O)O.Nc1ccc2c(O)cc(SOOO)cc2c1S(=O)(=O)O.O=[N+]([O-])c1ccc(/C=C/c2ccc(N=NCl)cc2SOOO)c(S(=O)(=O)O)c1.[2HH].[B]. The van der Waals surface area contributed by atoms with Gasteiger partial charge in [-0.3, -0.25) is 38.4 Å². The number of anilines is 2. The lowest BCUT2D eigenvalue weighted by molar-refractivity contribution is -0.432. The van der Waals surface area contributed by atoms with Crippen molar-refractivity contribution in [1.29, 1.82) is 0 Å². The molecule has 0 fully saturated rings. The van der Waals surface area contributed by atoms with Crippen LogP contribution in [-0.4, -0.2) is 101 Å². The molecule has 0 saturated heterocycles. The second-order valence-corrected chi connectivity index (χ2v) is 26.1. The predicted molar refractivity (Wildman–Crippen MR) is 348 cm³/mol. The van der Waals surface area contributed by atoms with Crippen molar-refractivity contribution in [2.75, 3.05) is 11.5 Å². The van der Waals surface area contributed by atoms with Crippen molar-refractivity contribution in [3.63, 3.8) is 0 Å². The van der Waals surface area contributed by atoms with Crippen LogP contribution in [0.25, 0.3) is 45.8 Å². The van der Waals surface area contributed by atoms with Crippen molar-refractivity contribution in [3.8, 4) is 11.5 Å².